The van der Waals surface area contributed by atoms with Crippen molar-refractivity contribution in [3.05, 3.63) is 75.7 Å². The van der Waals surface area contributed by atoms with Gasteiger partial charge in [0, 0.05) is 37.2 Å². The lowest BCUT2D eigenvalue weighted by Crippen LogP contribution is -2.23. The Bertz CT molecular complexity index is 699. The molecule has 0 bridgehead atoms. The van der Waals surface area contributed by atoms with Crippen LogP contribution in [0.3, 0.4) is 0 Å². The fourth-order valence-corrected chi connectivity index (χ4v) is 3.04. The van der Waals surface area contributed by atoms with Crippen LogP contribution >= 0.6 is 11.9 Å². The highest BCUT2D eigenvalue weighted by molar-refractivity contribution is 7.96. The molecule has 0 amide bonds. The predicted molar refractivity (Wildman–Crippen MR) is 111 cm³/mol. The first-order valence-electron chi connectivity index (χ1n) is 9.00. The molecule has 1 N–H and O–H groups in total. The first-order chi connectivity index (χ1) is 13.1. The lowest BCUT2D eigenvalue weighted by molar-refractivity contribution is -0.384. The molecule has 0 saturated carbocycles. The highest BCUT2D eigenvalue weighted by Crippen LogP contribution is 2.13. The van der Waals surface area contributed by atoms with Crippen molar-refractivity contribution < 1.29 is 9.66 Å². The lowest BCUT2D eigenvalue weighted by atomic mass is 10.1. The van der Waals surface area contributed by atoms with E-state index in [1.54, 1.807) is 24.1 Å². The Hall–Kier alpha value is -2.25. The molecule has 27 heavy (non-hydrogen) atoms. The van der Waals surface area contributed by atoms with Gasteiger partial charge in [0.25, 0.3) is 5.69 Å². The molecule has 0 heterocycles. The van der Waals surface area contributed by atoms with Gasteiger partial charge < -0.3 is 14.4 Å². The maximum Gasteiger partial charge on any atom is 0.269 e. The number of nitrogens with zero attached hydrogens (tertiary/aromatic N) is 2. The Morgan fingerprint density at radius 1 is 1.22 bits per heavy atom. The van der Waals surface area contributed by atoms with E-state index in [0.717, 1.165) is 49.4 Å². The molecule has 0 radical (unpaired) electrons. The van der Waals surface area contributed by atoms with Crippen LogP contribution in [0.2, 0.25) is 0 Å². The number of ether oxygens (including phenoxy) is 1. The molecule has 0 spiro atoms. The van der Waals surface area contributed by atoms with E-state index in [-0.39, 0.29) is 10.6 Å². The fraction of sp³-hybridized carbons (Fsp3) is 0.400. The number of nitro groups is 1. The molecule has 7 heteroatoms. The van der Waals surface area contributed by atoms with Crippen LogP contribution in [0.4, 0.5) is 5.69 Å². The second-order valence-corrected chi connectivity index (χ2v) is 6.93. The summed E-state index contributed by atoms with van der Waals surface area (Å²) in [6, 6.07) is 6.78. The zero-order chi connectivity index (χ0) is 19.5. The third-order valence-electron chi connectivity index (χ3n) is 4.19. The largest absolute Gasteiger partial charge is 0.494 e. The normalized spacial score (nSPS) is 13.7. The van der Waals surface area contributed by atoms with Gasteiger partial charge in [-0.1, -0.05) is 30.2 Å². The number of likely N-dealkylation sites (N-methyl/N-ethyl adjacent to an activating group) is 1. The first kappa shape index (κ1) is 21.1. The number of hydrogen-bond acceptors (Lipinski definition) is 6. The van der Waals surface area contributed by atoms with Crippen LogP contribution in [0, 0.1) is 10.1 Å². The van der Waals surface area contributed by atoms with E-state index in [0.29, 0.717) is 6.61 Å². The van der Waals surface area contributed by atoms with E-state index in [1.807, 2.05) is 30.5 Å². The summed E-state index contributed by atoms with van der Waals surface area (Å²) in [7, 11) is 2.08. The minimum absolute atomic E-state index is 0.137. The summed E-state index contributed by atoms with van der Waals surface area (Å²) in [4.78, 5) is 12.6. The van der Waals surface area contributed by atoms with Gasteiger partial charge in [-0.15, -0.1) is 0 Å². The molecule has 0 aromatic heterocycles. The zero-order valence-electron chi connectivity index (χ0n) is 15.9. The van der Waals surface area contributed by atoms with Crippen molar-refractivity contribution in [2.45, 2.75) is 19.3 Å². The molecule has 1 aliphatic carbocycles. The second-order valence-electron chi connectivity index (χ2n) is 6.32. The fourth-order valence-electron chi connectivity index (χ4n) is 2.65. The summed E-state index contributed by atoms with van der Waals surface area (Å²) < 4.78 is 9.08. The van der Waals surface area contributed by atoms with Gasteiger partial charge in [-0.05, 0) is 50.1 Å². The van der Waals surface area contributed by atoms with Crippen LogP contribution in [0.15, 0.2) is 60.0 Å². The number of nitro benzene ring substituents is 1. The molecule has 1 aromatic carbocycles. The van der Waals surface area contributed by atoms with Crippen LogP contribution in [0.1, 0.15) is 18.4 Å². The van der Waals surface area contributed by atoms with Gasteiger partial charge >= 0.3 is 0 Å². The predicted octanol–water partition coefficient (Wildman–Crippen LogP) is 4.07. The minimum atomic E-state index is -0.370. The standard InChI is InChI=1S/C20H27N3O3S/c1-22(15-13-17-7-10-19(11-8-17)23(24)25)14-4-16-26-20-6-3-5-18(9-12-20)21-27-2/h5-12,21H,3-4,13-16H2,1-2H3. The third kappa shape index (κ3) is 7.88. The summed E-state index contributed by atoms with van der Waals surface area (Å²) in [5, 5.41) is 10.7. The van der Waals surface area contributed by atoms with Crippen molar-refractivity contribution in [2.75, 3.05) is 33.0 Å². The van der Waals surface area contributed by atoms with Crippen molar-refractivity contribution in [2.24, 2.45) is 0 Å². The molecule has 1 aliphatic rings. The van der Waals surface area contributed by atoms with Crippen molar-refractivity contribution in [3.8, 4) is 0 Å². The Balaban J connectivity index is 1.62. The molecule has 2 rings (SSSR count). The first-order valence-corrected chi connectivity index (χ1v) is 10.2. The number of nitrogens with one attached hydrogen (secondary N) is 1. The van der Waals surface area contributed by atoms with E-state index in [1.165, 1.54) is 0 Å². The van der Waals surface area contributed by atoms with Gasteiger partial charge in [0.15, 0.2) is 0 Å². The van der Waals surface area contributed by atoms with Crippen molar-refractivity contribution in [3.63, 3.8) is 0 Å². The molecular weight excluding hydrogens is 362 g/mol. The van der Waals surface area contributed by atoms with E-state index in [4.69, 9.17) is 4.74 Å². The highest BCUT2D eigenvalue weighted by Gasteiger charge is 2.05. The van der Waals surface area contributed by atoms with Gasteiger partial charge in [-0.3, -0.25) is 10.1 Å². The summed E-state index contributed by atoms with van der Waals surface area (Å²) >= 11 is 1.58. The molecule has 0 aliphatic heterocycles. The van der Waals surface area contributed by atoms with Crippen LogP contribution in [0.5, 0.6) is 0 Å². The molecule has 0 saturated heterocycles. The third-order valence-corrected chi connectivity index (χ3v) is 4.63. The smallest absolute Gasteiger partial charge is 0.269 e. The Labute approximate surface area is 165 Å². The molecule has 0 fully saturated rings. The van der Waals surface area contributed by atoms with Gasteiger partial charge in [0.05, 0.1) is 11.5 Å². The van der Waals surface area contributed by atoms with E-state index < -0.39 is 0 Å². The van der Waals surface area contributed by atoms with Gasteiger partial charge in [0.1, 0.15) is 5.76 Å². The number of benzene rings is 1. The molecule has 146 valence electrons. The number of non-ortho nitro benzene ring substituents is 1. The van der Waals surface area contributed by atoms with Crippen LogP contribution in [-0.4, -0.2) is 42.8 Å². The maximum atomic E-state index is 10.7. The topological polar surface area (TPSA) is 67.6 Å². The van der Waals surface area contributed by atoms with Crippen molar-refractivity contribution in [1.29, 1.82) is 0 Å². The van der Waals surface area contributed by atoms with Gasteiger partial charge in [-0.2, -0.15) is 0 Å². The number of rotatable bonds is 11. The number of hydrogen-bond donors (Lipinski definition) is 1. The average Bonchev–Trinajstić information content (AvgIpc) is 2.89. The van der Waals surface area contributed by atoms with Crippen LogP contribution < -0.4 is 4.72 Å². The number of allylic oxidation sites excluding steroid dienone is 4. The Morgan fingerprint density at radius 3 is 2.70 bits per heavy atom. The second kappa shape index (κ2) is 11.5. The van der Waals surface area contributed by atoms with Gasteiger partial charge in [-0.25, -0.2) is 0 Å². The van der Waals surface area contributed by atoms with E-state index >= 15 is 0 Å². The van der Waals surface area contributed by atoms with Crippen molar-refractivity contribution >= 4 is 17.6 Å². The molecular formula is C20H27N3O3S. The maximum absolute atomic E-state index is 10.7. The SMILES string of the molecule is CSNC1=CCC=C(OCCCN(C)CCc2ccc([N+](=O)[O-])cc2)C=C1. The summed E-state index contributed by atoms with van der Waals surface area (Å²) in [5.74, 6) is 0.915. The zero-order valence-corrected chi connectivity index (χ0v) is 16.7. The molecule has 0 atom stereocenters. The van der Waals surface area contributed by atoms with E-state index in [2.05, 4.69) is 28.8 Å². The summed E-state index contributed by atoms with van der Waals surface area (Å²) in [6.07, 6.45) is 12.9. The Morgan fingerprint density at radius 2 is 2.00 bits per heavy atom. The van der Waals surface area contributed by atoms with Gasteiger partial charge in [0.2, 0.25) is 0 Å². The minimum Gasteiger partial charge on any atom is -0.494 e. The monoisotopic (exact) mass is 389 g/mol. The summed E-state index contributed by atoms with van der Waals surface area (Å²) in [5.41, 5.74) is 2.35. The van der Waals surface area contributed by atoms with Crippen molar-refractivity contribution in [1.82, 2.24) is 9.62 Å². The van der Waals surface area contributed by atoms with E-state index in [9.17, 15) is 10.1 Å². The van der Waals surface area contributed by atoms with Crippen LogP contribution in [0.25, 0.3) is 0 Å². The molecule has 6 nitrogen and oxygen atoms in total. The molecule has 0 unspecified atom stereocenters. The molecule has 1 aromatic rings. The highest BCUT2D eigenvalue weighted by atomic mass is 32.2. The quantitative estimate of drug-likeness (QED) is 0.266. The lowest BCUT2D eigenvalue weighted by Gasteiger charge is -2.16. The summed E-state index contributed by atoms with van der Waals surface area (Å²) in [6.45, 7) is 2.54. The average molecular weight is 390 g/mol. The van der Waals surface area contributed by atoms with Crippen LogP contribution in [-0.2, 0) is 11.2 Å². The Kier molecular flexibility index (Phi) is 8.94.